The molecule has 0 spiro atoms. The lowest BCUT2D eigenvalue weighted by Crippen LogP contribution is -2.15. The topological polar surface area (TPSA) is 79.3 Å². The highest BCUT2D eigenvalue weighted by Crippen LogP contribution is 2.15. The Morgan fingerprint density at radius 1 is 1.06 bits per heavy atom. The van der Waals surface area contributed by atoms with E-state index in [0.717, 1.165) is 0 Å². The summed E-state index contributed by atoms with van der Waals surface area (Å²) in [5.74, 6) is -1.53. The molecule has 0 atom stereocenters. The number of para-hydroxylation sites is 1. The number of carbonyl (C=O) groups is 2. The average molecular weight is 242 g/mol. The van der Waals surface area contributed by atoms with Crippen molar-refractivity contribution in [3.63, 3.8) is 0 Å². The second-order valence-corrected chi connectivity index (χ2v) is 3.52. The number of nitrogens with zero attached hydrogens (tertiary/aromatic N) is 1. The molecule has 90 valence electrons. The average Bonchev–Trinajstić information content (AvgIpc) is 2.40. The summed E-state index contributed by atoms with van der Waals surface area (Å²) in [6.45, 7) is 0. The number of benzene rings is 1. The Labute approximate surface area is 103 Å². The highest BCUT2D eigenvalue weighted by Gasteiger charge is 2.13. The number of hydrogen-bond donors (Lipinski definition) is 2. The normalized spacial score (nSPS) is 9.78. The molecule has 0 saturated carbocycles. The molecule has 2 rings (SSSR count). The minimum Gasteiger partial charge on any atom is -0.478 e. The zero-order chi connectivity index (χ0) is 13.0. The number of anilines is 1. The molecule has 5 heteroatoms. The fourth-order valence-electron chi connectivity index (χ4n) is 1.46. The van der Waals surface area contributed by atoms with Crippen LogP contribution in [0, 0.1) is 0 Å². The third-order valence-electron chi connectivity index (χ3n) is 2.30. The predicted octanol–water partition coefficient (Wildman–Crippen LogP) is 2.03. The molecule has 1 aromatic heterocycles. The van der Waals surface area contributed by atoms with Crippen LogP contribution in [0.15, 0.2) is 48.7 Å². The molecule has 5 nitrogen and oxygen atoms in total. The van der Waals surface area contributed by atoms with Crippen LogP contribution >= 0.6 is 0 Å². The second kappa shape index (κ2) is 5.09. The van der Waals surface area contributed by atoms with Crippen molar-refractivity contribution < 1.29 is 14.7 Å². The summed E-state index contributed by atoms with van der Waals surface area (Å²) in [7, 11) is 0. The summed E-state index contributed by atoms with van der Waals surface area (Å²) in [5.41, 5.74) is 0.528. The van der Waals surface area contributed by atoms with E-state index >= 15 is 0 Å². The van der Waals surface area contributed by atoms with Gasteiger partial charge in [-0.3, -0.25) is 9.78 Å². The zero-order valence-electron chi connectivity index (χ0n) is 9.33. The van der Waals surface area contributed by atoms with Crippen LogP contribution in [0.2, 0.25) is 0 Å². The zero-order valence-corrected chi connectivity index (χ0v) is 9.33. The van der Waals surface area contributed by atoms with Gasteiger partial charge in [-0.2, -0.15) is 0 Å². The number of carboxylic acid groups (broad SMARTS) is 1. The highest BCUT2D eigenvalue weighted by atomic mass is 16.4. The minimum absolute atomic E-state index is 0.0433. The first-order chi connectivity index (χ1) is 8.68. The van der Waals surface area contributed by atoms with E-state index < -0.39 is 11.9 Å². The van der Waals surface area contributed by atoms with E-state index in [9.17, 15) is 9.59 Å². The van der Waals surface area contributed by atoms with Gasteiger partial charge in [0, 0.05) is 6.20 Å². The smallest absolute Gasteiger partial charge is 0.337 e. The first kappa shape index (κ1) is 11.8. The highest BCUT2D eigenvalue weighted by molar-refractivity contribution is 6.06. The first-order valence-corrected chi connectivity index (χ1v) is 5.23. The maximum absolute atomic E-state index is 11.8. The summed E-state index contributed by atoms with van der Waals surface area (Å²) in [6.07, 6.45) is 1.50. The Balaban J connectivity index is 2.25. The summed E-state index contributed by atoms with van der Waals surface area (Å²) < 4.78 is 0. The second-order valence-electron chi connectivity index (χ2n) is 3.52. The van der Waals surface area contributed by atoms with Gasteiger partial charge in [-0.25, -0.2) is 4.79 Å². The van der Waals surface area contributed by atoms with E-state index in [1.54, 1.807) is 30.3 Å². The van der Waals surface area contributed by atoms with Crippen LogP contribution in [0.5, 0.6) is 0 Å². The molecule has 0 fully saturated rings. The van der Waals surface area contributed by atoms with Gasteiger partial charge in [-0.15, -0.1) is 0 Å². The fourth-order valence-corrected chi connectivity index (χ4v) is 1.46. The Kier molecular flexibility index (Phi) is 3.33. The van der Waals surface area contributed by atoms with Crippen molar-refractivity contribution in [2.24, 2.45) is 0 Å². The van der Waals surface area contributed by atoms with Crippen LogP contribution in [-0.4, -0.2) is 22.0 Å². The van der Waals surface area contributed by atoms with Crippen molar-refractivity contribution in [3.8, 4) is 0 Å². The van der Waals surface area contributed by atoms with Gasteiger partial charge in [0.1, 0.15) is 5.69 Å². The molecule has 2 aromatic rings. The van der Waals surface area contributed by atoms with Crippen LogP contribution in [0.1, 0.15) is 20.8 Å². The van der Waals surface area contributed by atoms with Gasteiger partial charge in [0.25, 0.3) is 5.91 Å². The number of amides is 1. The summed E-state index contributed by atoms with van der Waals surface area (Å²) >= 11 is 0. The first-order valence-electron chi connectivity index (χ1n) is 5.23. The number of aromatic carboxylic acids is 1. The molecule has 0 aliphatic heterocycles. The lowest BCUT2D eigenvalue weighted by molar-refractivity contribution is 0.0698. The van der Waals surface area contributed by atoms with Crippen LogP contribution < -0.4 is 5.32 Å². The lowest BCUT2D eigenvalue weighted by Gasteiger charge is -2.07. The molecule has 1 heterocycles. The number of carbonyl (C=O) groups excluding carboxylic acids is 1. The van der Waals surface area contributed by atoms with Gasteiger partial charge in [0.05, 0.1) is 11.3 Å². The van der Waals surface area contributed by atoms with Gasteiger partial charge in [0.15, 0.2) is 0 Å². The van der Waals surface area contributed by atoms with Crippen LogP contribution in [0.4, 0.5) is 5.69 Å². The van der Waals surface area contributed by atoms with E-state index in [4.69, 9.17) is 5.11 Å². The number of hydrogen-bond acceptors (Lipinski definition) is 3. The number of rotatable bonds is 3. The van der Waals surface area contributed by atoms with E-state index in [0.29, 0.717) is 0 Å². The van der Waals surface area contributed by atoms with Crippen molar-refractivity contribution in [3.05, 3.63) is 59.9 Å². The maximum Gasteiger partial charge on any atom is 0.337 e. The van der Waals surface area contributed by atoms with Gasteiger partial charge < -0.3 is 10.4 Å². The largest absolute Gasteiger partial charge is 0.478 e. The molecule has 18 heavy (non-hydrogen) atoms. The Bertz CT molecular complexity index is 582. The Morgan fingerprint density at radius 3 is 2.44 bits per heavy atom. The standard InChI is InChI=1S/C13H10N2O3/c16-12(11-7-3-4-8-14-11)15-10-6-2-1-5-9(10)13(17)18/h1-8H,(H,15,16)(H,17,18). The van der Waals surface area contributed by atoms with Crippen LogP contribution in [0.25, 0.3) is 0 Å². The van der Waals surface area contributed by atoms with Crippen LogP contribution in [0.3, 0.4) is 0 Å². The molecule has 1 amide bonds. The van der Waals surface area contributed by atoms with Crippen molar-refractivity contribution in [1.82, 2.24) is 4.98 Å². The molecule has 0 unspecified atom stereocenters. The summed E-state index contributed by atoms with van der Waals surface area (Å²) in [5, 5.41) is 11.5. The Hall–Kier alpha value is -2.69. The third kappa shape index (κ3) is 2.52. The molecular weight excluding hydrogens is 232 g/mol. The maximum atomic E-state index is 11.8. The quantitative estimate of drug-likeness (QED) is 0.863. The van der Waals surface area contributed by atoms with Crippen LogP contribution in [-0.2, 0) is 0 Å². The fraction of sp³-hybridized carbons (Fsp3) is 0. The monoisotopic (exact) mass is 242 g/mol. The van der Waals surface area contributed by atoms with Crippen molar-refractivity contribution in [2.45, 2.75) is 0 Å². The summed E-state index contributed by atoms with van der Waals surface area (Å²) in [4.78, 5) is 26.7. The molecule has 0 radical (unpaired) electrons. The number of aromatic nitrogens is 1. The van der Waals surface area contributed by atoms with Gasteiger partial charge in [-0.05, 0) is 24.3 Å². The van der Waals surface area contributed by atoms with E-state index in [-0.39, 0.29) is 16.9 Å². The molecule has 1 aromatic carbocycles. The van der Waals surface area contributed by atoms with Gasteiger partial charge in [-0.1, -0.05) is 18.2 Å². The van der Waals surface area contributed by atoms with Gasteiger partial charge >= 0.3 is 5.97 Å². The molecule has 0 saturated heterocycles. The van der Waals surface area contributed by atoms with Crippen molar-refractivity contribution >= 4 is 17.6 Å². The van der Waals surface area contributed by atoms with Crippen molar-refractivity contribution in [1.29, 1.82) is 0 Å². The van der Waals surface area contributed by atoms with Crippen molar-refractivity contribution in [2.75, 3.05) is 5.32 Å². The molecule has 2 N–H and O–H groups in total. The van der Waals surface area contributed by atoms with Gasteiger partial charge in [0.2, 0.25) is 0 Å². The number of carboxylic acids is 1. The Morgan fingerprint density at radius 2 is 1.78 bits per heavy atom. The van der Waals surface area contributed by atoms with E-state index in [2.05, 4.69) is 10.3 Å². The molecular formula is C13H10N2O3. The molecule has 0 aliphatic rings. The minimum atomic E-state index is -1.09. The van der Waals surface area contributed by atoms with E-state index in [1.165, 1.54) is 18.3 Å². The summed E-state index contributed by atoms with van der Waals surface area (Å²) in [6, 6.07) is 11.1. The third-order valence-corrected chi connectivity index (χ3v) is 2.30. The van der Waals surface area contributed by atoms with E-state index in [1.807, 2.05) is 0 Å². The number of nitrogens with one attached hydrogen (secondary N) is 1. The predicted molar refractivity (Wildman–Crippen MR) is 65.6 cm³/mol. The number of pyridine rings is 1. The molecule has 0 aliphatic carbocycles. The SMILES string of the molecule is O=C(Nc1ccccc1C(=O)O)c1ccccn1. The lowest BCUT2D eigenvalue weighted by atomic mass is 10.1. The molecule has 0 bridgehead atoms.